The van der Waals surface area contributed by atoms with E-state index in [9.17, 15) is 14.4 Å². The number of carbonyl (C=O) groups is 3. The summed E-state index contributed by atoms with van der Waals surface area (Å²) in [5.41, 5.74) is 0.893. The van der Waals surface area contributed by atoms with E-state index in [1.165, 1.54) is 0 Å². The quantitative estimate of drug-likeness (QED) is 0.703. The van der Waals surface area contributed by atoms with E-state index in [0.717, 1.165) is 16.3 Å². The minimum absolute atomic E-state index is 0.157. The van der Waals surface area contributed by atoms with Gasteiger partial charge in [-0.05, 0) is 22.3 Å². The summed E-state index contributed by atoms with van der Waals surface area (Å²) in [4.78, 5) is 39.0. The van der Waals surface area contributed by atoms with Crippen molar-refractivity contribution in [1.29, 1.82) is 0 Å². The molecule has 0 saturated carbocycles. The van der Waals surface area contributed by atoms with E-state index >= 15 is 0 Å². The van der Waals surface area contributed by atoms with Crippen LogP contribution < -0.4 is 5.32 Å². The molecule has 2 aromatic rings. The SMILES string of the molecule is CC(C)[C@@H](NC(=O)Cc1cccc2ccccc12)C(=O)OCC(=O)N1CCOCC1. The molecule has 7 heteroatoms. The molecular weight excluding hydrogens is 384 g/mol. The summed E-state index contributed by atoms with van der Waals surface area (Å²) in [6.07, 6.45) is 0.157. The number of esters is 1. The van der Waals surface area contributed by atoms with Crippen LogP contribution in [0, 0.1) is 5.92 Å². The molecule has 1 atom stereocenters. The Morgan fingerprint density at radius 1 is 1.07 bits per heavy atom. The number of ether oxygens (including phenoxy) is 2. The molecule has 30 heavy (non-hydrogen) atoms. The van der Waals surface area contributed by atoms with Crippen LogP contribution in [-0.4, -0.2) is 61.6 Å². The van der Waals surface area contributed by atoms with Gasteiger partial charge < -0.3 is 19.7 Å². The summed E-state index contributed by atoms with van der Waals surface area (Å²) in [5.74, 6) is -1.29. The fourth-order valence-electron chi connectivity index (χ4n) is 3.47. The Balaban J connectivity index is 1.58. The first kappa shape index (κ1) is 21.8. The number of nitrogens with zero attached hydrogens (tertiary/aromatic N) is 1. The van der Waals surface area contributed by atoms with Crippen LogP contribution in [0.2, 0.25) is 0 Å². The van der Waals surface area contributed by atoms with Crippen LogP contribution in [0.3, 0.4) is 0 Å². The van der Waals surface area contributed by atoms with Crippen LogP contribution in [0.5, 0.6) is 0 Å². The molecular formula is C23H28N2O5. The zero-order chi connectivity index (χ0) is 21.5. The maximum atomic E-state index is 12.7. The van der Waals surface area contributed by atoms with E-state index in [1.807, 2.05) is 56.3 Å². The highest BCUT2D eigenvalue weighted by Gasteiger charge is 2.27. The molecule has 0 radical (unpaired) electrons. The molecule has 0 bridgehead atoms. The Bertz CT molecular complexity index is 900. The number of fused-ring (bicyclic) bond motifs is 1. The summed E-state index contributed by atoms with van der Waals surface area (Å²) in [7, 11) is 0. The van der Waals surface area contributed by atoms with Crippen LogP contribution in [0.15, 0.2) is 42.5 Å². The van der Waals surface area contributed by atoms with Crippen LogP contribution in [0.25, 0.3) is 10.8 Å². The smallest absolute Gasteiger partial charge is 0.329 e. The van der Waals surface area contributed by atoms with E-state index in [1.54, 1.807) is 4.90 Å². The van der Waals surface area contributed by atoms with Crippen molar-refractivity contribution in [2.75, 3.05) is 32.9 Å². The van der Waals surface area contributed by atoms with Crippen LogP contribution in [-0.2, 0) is 30.3 Å². The highest BCUT2D eigenvalue weighted by molar-refractivity contribution is 5.92. The molecule has 1 saturated heterocycles. The fraction of sp³-hybridized carbons (Fsp3) is 0.435. The first-order valence-corrected chi connectivity index (χ1v) is 10.2. The zero-order valence-corrected chi connectivity index (χ0v) is 17.4. The normalized spacial score (nSPS) is 15.1. The van der Waals surface area contributed by atoms with Gasteiger partial charge in [0.05, 0.1) is 19.6 Å². The lowest BCUT2D eigenvalue weighted by Gasteiger charge is -2.27. The summed E-state index contributed by atoms with van der Waals surface area (Å²) in [6.45, 7) is 5.28. The van der Waals surface area contributed by atoms with Crippen molar-refractivity contribution in [2.24, 2.45) is 5.92 Å². The Morgan fingerprint density at radius 2 is 1.77 bits per heavy atom. The zero-order valence-electron chi connectivity index (χ0n) is 17.4. The summed E-state index contributed by atoms with van der Waals surface area (Å²) < 4.78 is 10.4. The van der Waals surface area contributed by atoms with Crippen molar-refractivity contribution < 1.29 is 23.9 Å². The van der Waals surface area contributed by atoms with Crippen molar-refractivity contribution in [3.05, 3.63) is 48.0 Å². The lowest BCUT2D eigenvalue weighted by atomic mass is 10.0. The molecule has 1 fully saturated rings. The van der Waals surface area contributed by atoms with Crippen molar-refractivity contribution >= 4 is 28.6 Å². The van der Waals surface area contributed by atoms with Crippen molar-refractivity contribution in [1.82, 2.24) is 10.2 Å². The Hall–Kier alpha value is -2.93. The van der Waals surface area contributed by atoms with Gasteiger partial charge >= 0.3 is 5.97 Å². The molecule has 160 valence electrons. The van der Waals surface area contributed by atoms with E-state index in [-0.39, 0.29) is 30.8 Å². The van der Waals surface area contributed by atoms with Gasteiger partial charge in [0.2, 0.25) is 5.91 Å². The summed E-state index contributed by atoms with van der Waals surface area (Å²) >= 11 is 0. The molecule has 1 heterocycles. The molecule has 7 nitrogen and oxygen atoms in total. The molecule has 1 aliphatic rings. The number of carbonyl (C=O) groups excluding carboxylic acids is 3. The largest absolute Gasteiger partial charge is 0.454 e. The van der Waals surface area contributed by atoms with Crippen LogP contribution >= 0.6 is 0 Å². The van der Waals surface area contributed by atoms with E-state index in [4.69, 9.17) is 9.47 Å². The average molecular weight is 412 g/mol. The van der Waals surface area contributed by atoms with Gasteiger partial charge in [0.15, 0.2) is 6.61 Å². The average Bonchev–Trinajstić information content (AvgIpc) is 2.76. The topological polar surface area (TPSA) is 84.9 Å². The fourth-order valence-corrected chi connectivity index (χ4v) is 3.47. The Labute approximate surface area is 176 Å². The molecule has 3 rings (SSSR count). The number of rotatable bonds is 7. The second kappa shape index (κ2) is 10.2. The van der Waals surface area contributed by atoms with Crippen LogP contribution in [0.4, 0.5) is 0 Å². The molecule has 0 aliphatic carbocycles. The van der Waals surface area contributed by atoms with Gasteiger partial charge in [0.25, 0.3) is 5.91 Å². The predicted octanol–water partition coefficient (Wildman–Crippen LogP) is 1.93. The Kier molecular flexibility index (Phi) is 7.41. The number of nitrogens with one attached hydrogen (secondary N) is 1. The minimum Gasteiger partial charge on any atom is -0.454 e. The highest BCUT2D eigenvalue weighted by atomic mass is 16.5. The Morgan fingerprint density at radius 3 is 2.50 bits per heavy atom. The lowest BCUT2D eigenvalue weighted by molar-refractivity contribution is -0.156. The lowest BCUT2D eigenvalue weighted by Crippen LogP contribution is -2.47. The van der Waals surface area contributed by atoms with Gasteiger partial charge in [-0.1, -0.05) is 56.3 Å². The molecule has 1 aliphatic heterocycles. The first-order valence-electron chi connectivity index (χ1n) is 10.2. The maximum Gasteiger partial charge on any atom is 0.329 e. The van der Waals surface area contributed by atoms with Gasteiger partial charge in [0, 0.05) is 13.1 Å². The van der Waals surface area contributed by atoms with E-state index in [2.05, 4.69) is 5.32 Å². The van der Waals surface area contributed by atoms with Gasteiger partial charge in [0.1, 0.15) is 6.04 Å². The highest BCUT2D eigenvalue weighted by Crippen LogP contribution is 2.19. The second-order valence-electron chi connectivity index (χ2n) is 7.71. The third-order valence-electron chi connectivity index (χ3n) is 5.17. The number of hydrogen-bond donors (Lipinski definition) is 1. The van der Waals surface area contributed by atoms with E-state index in [0.29, 0.717) is 26.3 Å². The first-order chi connectivity index (χ1) is 14.5. The number of benzene rings is 2. The van der Waals surface area contributed by atoms with E-state index < -0.39 is 12.0 Å². The molecule has 1 N–H and O–H groups in total. The standard InChI is InChI=1S/C23H28N2O5/c1-16(2)22(23(28)30-15-21(27)25-10-12-29-13-11-25)24-20(26)14-18-8-5-7-17-6-3-4-9-19(17)18/h3-9,16,22H,10-15H2,1-2H3,(H,24,26)/t22-/m1/s1. The third kappa shape index (κ3) is 5.57. The summed E-state index contributed by atoms with van der Waals surface area (Å²) in [6, 6.07) is 12.9. The monoisotopic (exact) mass is 412 g/mol. The van der Waals surface area contributed by atoms with Crippen molar-refractivity contribution in [3.63, 3.8) is 0 Å². The number of hydrogen-bond acceptors (Lipinski definition) is 5. The van der Waals surface area contributed by atoms with Crippen molar-refractivity contribution in [2.45, 2.75) is 26.3 Å². The molecule has 0 unspecified atom stereocenters. The molecule has 2 aromatic carbocycles. The second-order valence-corrected chi connectivity index (χ2v) is 7.71. The van der Waals surface area contributed by atoms with Crippen molar-refractivity contribution in [3.8, 4) is 0 Å². The van der Waals surface area contributed by atoms with Crippen LogP contribution in [0.1, 0.15) is 19.4 Å². The molecule has 2 amide bonds. The van der Waals surface area contributed by atoms with Gasteiger partial charge in [-0.15, -0.1) is 0 Å². The minimum atomic E-state index is -0.815. The van der Waals surface area contributed by atoms with Gasteiger partial charge in [-0.3, -0.25) is 9.59 Å². The maximum absolute atomic E-state index is 12.7. The third-order valence-corrected chi connectivity index (χ3v) is 5.17. The number of amides is 2. The summed E-state index contributed by atoms with van der Waals surface area (Å²) in [5, 5.41) is 4.84. The molecule has 0 spiro atoms. The number of morpholine rings is 1. The van der Waals surface area contributed by atoms with Gasteiger partial charge in [-0.2, -0.15) is 0 Å². The predicted molar refractivity (Wildman–Crippen MR) is 113 cm³/mol. The van der Waals surface area contributed by atoms with Gasteiger partial charge in [-0.25, -0.2) is 4.79 Å². The molecule has 0 aromatic heterocycles.